The van der Waals surface area contributed by atoms with E-state index in [-0.39, 0.29) is 6.04 Å². The van der Waals surface area contributed by atoms with Gasteiger partial charge in [-0.05, 0) is 18.9 Å². The Morgan fingerprint density at radius 3 is 2.93 bits per heavy atom. The molecule has 0 spiro atoms. The number of nitrogens with one attached hydrogen (secondary N) is 1. The van der Waals surface area contributed by atoms with Gasteiger partial charge in [0.25, 0.3) is 0 Å². The van der Waals surface area contributed by atoms with Gasteiger partial charge in [-0.2, -0.15) is 0 Å². The number of piperazine rings is 1. The minimum atomic E-state index is 0.262. The van der Waals surface area contributed by atoms with E-state index >= 15 is 0 Å². The molecule has 8 nitrogen and oxygen atoms in total. The molecular weight excluding hydrogens is 382 g/mol. The normalized spacial score (nSPS) is 28.2. The number of pyridine rings is 1. The first-order chi connectivity index (χ1) is 14.8. The summed E-state index contributed by atoms with van der Waals surface area (Å²) in [4.78, 5) is 9.71. The number of nitrogens with zero attached hydrogens (tertiary/aromatic N) is 4. The topological polar surface area (TPSA) is 75.9 Å². The van der Waals surface area contributed by atoms with Crippen molar-refractivity contribution in [2.45, 2.75) is 31.5 Å². The molecule has 3 atom stereocenters. The zero-order valence-corrected chi connectivity index (χ0v) is 17.4. The summed E-state index contributed by atoms with van der Waals surface area (Å²) in [5.74, 6) is 1.27. The number of hydrogen-bond donors (Lipinski definition) is 1. The molecule has 1 N–H and O–H groups in total. The van der Waals surface area contributed by atoms with Gasteiger partial charge in [0.2, 0.25) is 5.88 Å². The van der Waals surface area contributed by atoms with Crippen LogP contribution in [-0.4, -0.2) is 78.5 Å². The molecule has 2 aromatic heterocycles. The summed E-state index contributed by atoms with van der Waals surface area (Å²) in [5.41, 5.74) is 2.08. The highest BCUT2D eigenvalue weighted by atomic mass is 16.5. The van der Waals surface area contributed by atoms with Crippen LogP contribution < -0.4 is 10.1 Å². The van der Waals surface area contributed by atoms with E-state index in [0.717, 1.165) is 89.2 Å². The Kier molecular flexibility index (Phi) is 6.26. The molecule has 0 bridgehead atoms. The molecular formula is C22H31N5O3. The van der Waals surface area contributed by atoms with Gasteiger partial charge in [0.15, 0.2) is 0 Å². The highest BCUT2D eigenvalue weighted by molar-refractivity contribution is 5.16. The van der Waals surface area contributed by atoms with Gasteiger partial charge in [0.1, 0.15) is 12.0 Å². The number of morpholine rings is 1. The first-order valence-corrected chi connectivity index (χ1v) is 11.1. The van der Waals surface area contributed by atoms with Crippen LogP contribution in [0.15, 0.2) is 35.1 Å². The number of ether oxygens (including phenoxy) is 2. The Labute approximate surface area is 177 Å². The van der Waals surface area contributed by atoms with Gasteiger partial charge in [-0.25, -0.2) is 4.98 Å². The van der Waals surface area contributed by atoms with Gasteiger partial charge in [-0.3, -0.25) is 9.80 Å². The quantitative estimate of drug-likeness (QED) is 0.767. The summed E-state index contributed by atoms with van der Waals surface area (Å²) in [5, 5.41) is 7.78. The molecule has 3 aliphatic rings. The van der Waals surface area contributed by atoms with Crippen molar-refractivity contribution in [2.75, 3.05) is 52.5 Å². The molecule has 2 aromatic rings. The zero-order chi connectivity index (χ0) is 20.2. The lowest BCUT2D eigenvalue weighted by Crippen LogP contribution is -2.57. The average Bonchev–Trinajstić information content (AvgIpc) is 3.33. The predicted octanol–water partition coefficient (Wildman–Crippen LogP) is 1.71. The van der Waals surface area contributed by atoms with E-state index in [1.807, 2.05) is 18.2 Å². The molecule has 3 fully saturated rings. The molecule has 0 saturated carbocycles. The summed E-state index contributed by atoms with van der Waals surface area (Å²) >= 11 is 0. The van der Waals surface area contributed by atoms with Crippen molar-refractivity contribution in [3.05, 3.63) is 41.9 Å². The maximum atomic E-state index is 6.13. The molecule has 5 rings (SSSR count). The molecule has 0 aliphatic carbocycles. The lowest BCUT2D eigenvalue weighted by molar-refractivity contribution is 0.0330. The highest BCUT2D eigenvalue weighted by Crippen LogP contribution is 2.32. The fourth-order valence-corrected chi connectivity index (χ4v) is 4.92. The minimum Gasteiger partial charge on any atom is -0.477 e. The SMILES string of the molecule is c1cc(CN2CCOCC2)nc(OCC2CCC3C(c4ccon4)NCCN3C2)c1. The third-order valence-corrected chi connectivity index (χ3v) is 6.49. The monoisotopic (exact) mass is 413 g/mol. The highest BCUT2D eigenvalue weighted by Gasteiger charge is 2.38. The largest absolute Gasteiger partial charge is 0.477 e. The van der Waals surface area contributed by atoms with Crippen LogP contribution in [0.2, 0.25) is 0 Å². The van der Waals surface area contributed by atoms with Crippen LogP contribution in [0.1, 0.15) is 30.3 Å². The number of aromatic nitrogens is 2. The number of fused-ring (bicyclic) bond motifs is 1. The first kappa shape index (κ1) is 19.9. The van der Waals surface area contributed by atoms with Crippen molar-refractivity contribution in [2.24, 2.45) is 5.92 Å². The average molecular weight is 414 g/mol. The van der Waals surface area contributed by atoms with Crippen LogP contribution in [0.4, 0.5) is 0 Å². The summed E-state index contributed by atoms with van der Waals surface area (Å²) in [6.45, 7) is 8.25. The molecule has 8 heteroatoms. The molecule has 30 heavy (non-hydrogen) atoms. The summed E-state index contributed by atoms with van der Waals surface area (Å²) < 4.78 is 16.6. The van der Waals surface area contributed by atoms with E-state index in [0.29, 0.717) is 12.0 Å². The third kappa shape index (κ3) is 4.67. The molecule has 162 valence electrons. The maximum absolute atomic E-state index is 6.13. The van der Waals surface area contributed by atoms with Crippen LogP contribution >= 0.6 is 0 Å². The van der Waals surface area contributed by atoms with Crippen LogP contribution in [0, 0.1) is 5.92 Å². The second kappa shape index (κ2) is 9.43. The van der Waals surface area contributed by atoms with Crippen LogP contribution in [-0.2, 0) is 11.3 Å². The summed E-state index contributed by atoms with van der Waals surface area (Å²) in [6.07, 6.45) is 3.96. The lowest BCUT2D eigenvalue weighted by atomic mass is 9.87. The second-order valence-electron chi connectivity index (χ2n) is 8.53. The van der Waals surface area contributed by atoms with E-state index in [1.165, 1.54) is 0 Å². The van der Waals surface area contributed by atoms with E-state index in [1.54, 1.807) is 6.26 Å². The van der Waals surface area contributed by atoms with E-state index in [2.05, 4.69) is 26.3 Å². The Balaban J connectivity index is 1.14. The van der Waals surface area contributed by atoms with Crippen molar-refractivity contribution < 1.29 is 14.0 Å². The lowest BCUT2D eigenvalue weighted by Gasteiger charge is -2.46. The fraction of sp³-hybridized carbons (Fsp3) is 0.636. The number of piperidine rings is 1. The Bertz CT molecular complexity index is 796. The smallest absolute Gasteiger partial charge is 0.213 e. The number of hydrogen-bond acceptors (Lipinski definition) is 8. The van der Waals surface area contributed by atoms with Gasteiger partial charge < -0.3 is 19.3 Å². The van der Waals surface area contributed by atoms with Crippen LogP contribution in [0.25, 0.3) is 0 Å². The van der Waals surface area contributed by atoms with E-state index in [4.69, 9.17) is 19.0 Å². The molecule has 0 amide bonds. The Hall–Kier alpha value is -2.00. The van der Waals surface area contributed by atoms with Crippen molar-refractivity contribution >= 4 is 0 Å². The molecule has 3 aliphatic heterocycles. The summed E-state index contributed by atoms with van der Waals surface area (Å²) in [6, 6.07) is 8.82. The first-order valence-electron chi connectivity index (χ1n) is 11.1. The maximum Gasteiger partial charge on any atom is 0.213 e. The van der Waals surface area contributed by atoms with Crippen LogP contribution in [0.5, 0.6) is 5.88 Å². The fourth-order valence-electron chi connectivity index (χ4n) is 4.92. The van der Waals surface area contributed by atoms with Crippen LogP contribution in [0.3, 0.4) is 0 Å². The van der Waals surface area contributed by atoms with Crippen molar-refractivity contribution in [1.82, 2.24) is 25.3 Å². The molecule has 3 unspecified atom stereocenters. The van der Waals surface area contributed by atoms with Gasteiger partial charge in [-0.15, -0.1) is 0 Å². The Morgan fingerprint density at radius 1 is 1.13 bits per heavy atom. The van der Waals surface area contributed by atoms with Gasteiger partial charge in [0.05, 0.1) is 31.6 Å². The molecule has 5 heterocycles. The molecule has 0 aromatic carbocycles. The molecule has 0 radical (unpaired) electrons. The Morgan fingerprint density at radius 2 is 2.07 bits per heavy atom. The van der Waals surface area contributed by atoms with E-state index < -0.39 is 0 Å². The second-order valence-corrected chi connectivity index (χ2v) is 8.53. The number of rotatable bonds is 6. The minimum absolute atomic E-state index is 0.262. The van der Waals surface area contributed by atoms with Crippen molar-refractivity contribution in [3.63, 3.8) is 0 Å². The van der Waals surface area contributed by atoms with Gasteiger partial charge in [-0.1, -0.05) is 11.2 Å². The summed E-state index contributed by atoms with van der Waals surface area (Å²) in [7, 11) is 0. The zero-order valence-electron chi connectivity index (χ0n) is 17.4. The van der Waals surface area contributed by atoms with Crippen molar-refractivity contribution in [3.8, 4) is 5.88 Å². The standard InChI is InChI=1S/C22H31N5O3/c1-2-18(15-26-9-12-28-13-10-26)24-21(3-1)29-16-17-4-5-20-22(19-6-11-30-25-19)23-7-8-27(20)14-17/h1-3,6,11,17,20,22-23H,4-5,7-10,12-16H2. The van der Waals surface area contributed by atoms with E-state index in [9.17, 15) is 0 Å². The predicted molar refractivity (Wildman–Crippen MR) is 111 cm³/mol. The van der Waals surface area contributed by atoms with Gasteiger partial charge in [0, 0.05) is 63.4 Å². The van der Waals surface area contributed by atoms with Crippen molar-refractivity contribution in [1.29, 1.82) is 0 Å². The molecule has 3 saturated heterocycles. The van der Waals surface area contributed by atoms with Gasteiger partial charge >= 0.3 is 0 Å². The third-order valence-electron chi connectivity index (χ3n) is 6.49.